The third kappa shape index (κ3) is 2.13. The van der Waals surface area contributed by atoms with Gasteiger partial charge in [0.05, 0.1) is 6.61 Å². The average Bonchev–Trinajstić information content (AvgIpc) is 2.85. The zero-order valence-electron chi connectivity index (χ0n) is 10.9. The molecule has 16 heavy (non-hydrogen) atoms. The van der Waals surface area contributed by atoms with E-state index in [4.69, 9.17) is 4.74 Å². The summed E-state index contributed by atoms with van der Waals surface area (Å²) in [6.07, 6.45) is 2.49. The van der Waals surface area contributed by atoms with Crippen LogP contribution in [0.5, 0.6) is 0 Å². The van der Waals surface area contributed by atoms with Crippen molar-refractivity contribution < 1.29 is 4.74 Å². The highest BCUT2D eigenvalue weighted by atomic mass is 16.5. The van der Waals surface area contributed by atoms with Gasteiger partial charge >= 0.3 is 0 Å². The lowest BCUT2D eigenvalue weighted by atomic mass is 9.92. The number of rotatable bonds is 5. The summed E-state index contributed by atoms with van der Waals surface area (Å²) in [5, 5.41) is 3.54. The van der Waals surface area contributed by atoms with Crippen LogP contribution in [0.25, 0.3) is 0 Å². The molecule has 3 nitrogen and oxygen atoms in total. The van der Waals surface area contributed by atoms with E-state index in [1.54, 1.807) is 0 Å². The van der Waals surface area contributed by atoms with Gasteiger partial charge < -0.3 is 10.1 Å². The Morgan fingerprint density at radius 1 is 1.38 bits per heavy atom. The maximum Gasteiger partial charge on any atom is 0.0618 e. The molecule has 2 saturated heterocycles. The number of nitrogens with one attached hydrogen (secondary N) is 1. The number of fused-ring (bicyclic) bond motifs is 1. The van der Waals surface area contributed by atoms with Crippen LogP contribution in [0, 0.1) is 11.8 Å². The highest BCUT2D eigenvalue weighted by Gasteiger charge is 2.44. The van der Waals surface area contributed by atoms with Crippen LogP contribution >= 0.6 is 0 Å². The van der Waals surface area contributed by atoms with Crippen molar-refractivity contribution in [2.45, 2.75) is 38.8 Å². The molecule has 3 heteroatoms. The van der Waals surface area contributed by atoms with Crippen LogP contribution in [0.15, 0.2) is 0 Å². The number of hydrogen-bond acceptors (Lipinski definition) is 3. The first-order valence-corrected chi connectivity index (χ1v) is 6.77. The molecule has 0 spiro atoms. The van der Waals surface area contributed by atoms with Gasteiger partial charge in [-0.25, -0.2) is 0 Å². The molecule has 4 atom stereocenters. The topological polar surface area (TPSA) is 24.5 Å². The molecule has 94 valence electrons. The summed E-state index contributed by atoms with van der Waals surface area (Å²) in [6.45, 7) is 9.22. The van der Waals surface area contributed by atoms with Gasteiger partial charge in [-0.05, 0) is 37.8 Å². The van der Waals surface area contributed by atoms with Gasteiger partial charge in [-0.3, -0.25) is 4.90 Å². The Morgan fingerprint density at radius 3 is 2.81 bits per heavy atom. The molecule has 0 saturated carbocycles. The van der Waals surface area contributed by atoms with Gasteiger partial charge in [0.25, 0.3) is 0 Å². The van der Waals surface area contributed by atoms with Crippen LogP contribution in [0.4, 0.5) is 0 Å². The second kappa shape index (κ2) is 5.48. The highest BCUT2D eigenvalue weighted by Crippen LogP contribution is 2.35. The summed E-state index contributed by atoms with van der Waals surface area (Å²) >= 11 is 0. The molecule has 0 aromatic rings. The Labute approximate surface area is 99.5 Å². The van der Waals surface area contributed by atoms with Crippen LogP contribution in [0.2, 0.25) is 0 Å². The molecule has 1 N–H and O–H groups in total. The first kappa shape index (κ1) is 12.3. The standard InChI is InChI=1S/C13H26N2O/c1-4-11(9-16-3)15-8-10-6-14-7-12(10)13(15)5-2/h10-14H,4-9H2,1-3H3. The fourth-order valence-corrected chi connectivity index (χ4v) is 3.65. The predicted molar refractivity (Wildman–Crippen MR) is 66.6 cm³/mol. The average molecular weight is 226 g/mol. The fraction of sp³-hybridized carbons (Fsp3) is 1.00. The summed E-state index contributed by atoms with van der Waals surface area (Å²) in [7, 11) is 1.82. The number of nitrogens with zero attached hydrogens (tertiary/aromatic N) is 1. The highest BCUT2D eigenvalue weighted by molar-refractivity contribution is 4.99. The molecule has 0 aromatic carbocycles. The second-order valence-electron chi connectivity index (χ2n) is 5.27. The van der Waals surface area contributed by atoms with E-state index in [1.165, 1.54) is 32.5 Å². The van der Waals surface area contributed by atoms with Gasteiger partial charge in [-0.1, -0.05) is 13.8 Å². The Balaban J connectivity index is 2.03. The van der Waals surface area contributed by atoms with Crippen molar-refractivity contribution in [2.24, 2.45) is 11.8 Å². The first-order valence-electron chi connectivity index (χ1n) is 6.77. The Bertz CT molecular complexity index is 222. The zero-order chi connectivity index (χ0) is 11.5. The maximum atomic E-state index is 5.36. The van der Waals surface area contributed by atoms with Crippen molar-refractivity contribution in [3.05, 3.63) is 0 Å². The minimum Gasteiger partial charge on any atom is -0.383 e. The van der Waals surface area contributed by atoms with Crippen LogP contribution in [0.1, 0.15) is 26.7 Å². The minimum atomic E-state index is 0.626. The summed E-state index contributed by atoms with van der Waals surface area (Å²) < 4.78 is 5.36. The molecule has 2 rings (SSSR count). The minimum absolute atomic E-state index is 0.626. The molecule has 2 heterocycles. The van der Waals surface area contributed by atoms with Crippen molar-refractivity contribution in [2.75, 3.05) is 33.4 Å². The van der Waals surface area contributed by atoms with Crippen molar-refractivity contribution in [3.8, 4) is 0 Å². The number of likely N-dealkylation sites (tertiary alicyclic amines) is 1. The maximum absolute atomic E-state index is 5.36. The molecular formula is C13H26N2O. The van der Waals surface area contributed by atoms with E-state index in [9.17, 15) is 0 Å². The molecule has 0 aliphatic carbocycles. The summed E-state index contributed by atoms with van der Waals surface area (Å²) in [5.41, 5.74) is 0. The van der Waals surface area contributed by atoms with Crippen LogP contribution in [-0.4, -0.2) is 50.3 Å². The van der Waals surface area contributed by atoms with Gasteiger partial charge in [-0.2, -0.15) is 0 Å². The fourth-order valence-electron chi connectivity index (χ4n) is 3.65. The van der Waals surface area contributed by atoms with E-state index in [1.807, 2.05) is 7.11 Å². The molecule has 4 unspecified atom stereocenters. The second-order valence-corrected chi connectivity index (χ2v) is 5.27. The van der Waals surface area contributed by atoms with Gasteiger partial charge in [0.15, 0.2) is 0 Å². The van der Waals surface area contributed by atoms with Gasteiger partial charge in [0.2, 0.25) is 0 Å². The third-order valence-electron chi connectivity index (χ3n) is 4.48. The van der Waals surface area contributed by atoms with Gasteiger partial charge in [0.1, 0.15) is 0 Å². The van der Waals surface area contributed by atoms with Crippen LogP contribution in [-0.2, 0) is 4.74 Å². The van der Waals surface area contributed by atoms with E-state index in [0.717, 1.165) is 24.5 Å². The summed E-state index contributed by atoms with van der Waals surface area (Å²) in [4.78, 5) is 2.72. The van der Waals surface area contributed by atoms with Crippen molar-refractivity contribution in [1.29, 1.82) is 0 Å². The molecule has 2 fully saturated rings. The molecule has 0 aromatic heterocycles. The number of hydrogen-bond donors (Lipinski definition) is 1. The normalized spacial score (nSPS) is 36.6. The predicted octanol–water partition coefficient (Wildman–Crippen LogP) is 1.34. The smallest absolute Gasteiger partial charge is 0.0618 e. The molecule has 2 aliphatic rings. The monoisotopic (exact) mass is 226 g/mol. The van der Waals surface area contributed by atoms with Gasteiger partial charge in [0, 0.05) is 25.7 Å². The SMILES string of the molecule is CCC(COC)N1CC2CNCC2C1CC. The summed E-state index contributed by atoms with van der Waals surface area (Å²) in [5.74, 6) is 1.77. The Kier molecular flexibility index (Phi) is 4.22. The first-order chi connectivity index (χ1) is 7.81. The van der Waals surface area contributed by atoms with E-state index in [0.29, 0.717) is 6.04 Å². The van der Waals surface area contributed by atoms with E-state index in [-0.39, 0.29) is 0 Å². The third-order valence-corrected chi connectivity index (χ3v) is 4.48. The molecular weight excluding hydrogens is 200 g/mol. The lowest BCUT2D eigenvalue weighted by Crippen LogP contribution is -2.44. The summed E-state index contributed by atoms with van der Waals surface area (Å²) in [6, 6.07) is 1.40. The molecule has 0 amide bonds. The van der Waals surface area contributed by atoms with E-state index in [2.05, 4.69) is 24.1 Å². The van der Waals surface area contributed by atoms with E-state index < -0.39 is 0 Å². The van der Waals surface area contributed by atoms with Crippen LogP contribution < -0.4 is 5.32 Å². The van der Waals surface area contributed by atoms with Crippen LogP contribution in [0.3, 0.4) is 0 Å². The van der Waals surface area contributed by atoms with Crippen molar-refractivity contribution in [3.63, 3.8) is 0 Å². The van der Waals surface area contributed by atoms with E-state index >= 15 is 0 Å². The number of ether oxygens (including phenoxy) is 1. The molecule has 0 radical (unpaired) electrons. The van der Waals surface area contributed by atoms with Gasteiger partial charge in [-0.15, -0.1) is 0 Å². The lowest BCUT2D eigenvalue weighted by molar-refractivity contribution is 0.0701. The number of methoxy groups -OCH3 is 1. The quantitative estimate of drug-likeness (QED) is 0.765. The zero-order valence-corrected chi connectivity index (χ0v) is 10.9. The largest absolute Gasteiger partial charge is 0.383 e. The Morgan fingerprint density at radius 2 is 2.19 bits per heavy atom. The lowest BCUT2D eigenvalue weighted by Gasteiger charge is -2.33. The Hall–Kier alpha value is -0.120. The molecule has 2 aliphatic heterocycles. The molecule has 0 bridgehead atoms. The van der Waals surface area contributed by atoms with Crippen molar-refractivity contribution in [1.82, 2.24) is 10.2 Å². The van der Waals surface area contributed by atoms with Crippen molar-refractivity contribution >= 4 is 0 Å².